The number of aromatic nitrogens is 3. The molecule has 0 amide bonds. The molecule has 0 saturated carbocycles. The average molecular weight is 428 g/mol. The number of para-hydroxylation sites is 1. The fourth-order valence-corrected chi connectivity index (χ4v) is 3.71. The molecule has 2 aromatic heterocycles. The van der Waals surface area contributed by atoms with Crippen LogP contribution in [0.2, 0.25) is 0 Å². The number of H-pyrrole nitrogens is 1. The van der Waals surface area contributed by atoms with Gasteiger partial charge in [0.05, 0.1) is 5.75 Å². The lowest BCUT2D eigenvalue weighted by Gasteiger charge is -1.99. The van der Waals surface area contributed by atoms with Crippen molar-refractivity contribution in [2.45, 2.75) is 12.1 Å². The number of aromatic amines is 1. The van der Waals surface area contributed by atoms with Gasteiger partial charge in [-0.2, -0.15) is 0 Å². The first-order chi connectivity index (χ1) is 12.6. The Kier molecular flexibility index (Phi) is 4.65. The Morgan fingerprint density at radius 3 is 2.73 bits per heavy atom. The zero-order chi connectivity index (χ0) is 18.1. The summed E-state index contributed by atoms with van der Waals surface area (Å²) in [6.07, 6.45) is 0. The molecule has 0 bridgehead atoms. The maximum absolute atomic E-state index is 12.7. The van der Waals surface area contributed by atoms with Crippen molar-refractivity contribution in [2.75, 3.05) is 5.75 Å². The Hall–Kier alpha value is -2.38. The van der Waals surface area contributed by atoms with Gasteiger partial charge in [-0.15, -0.1) is 10.2 Å². The molecule has 0 aliphatic carbocycles. The Labute approximate surface area is 162 Å². The van der Waals surface area contributed by atoms with Gasteiger partial charge in [0.1, 0.15) is 0 Å². The standard InChI is InChI=1S/C19H14BrN3O2S/c1-11-17(14-4-2-3-5-15(14)21-11)16(24)10-26-19-23-22-18(25-19)12-6-8-13(20)9-7-12/h2-9,21H,10H2,1H3. The molecule has 0 saturated heterocycles. The molecule has 1 N–H and O–H groups in total. The Balaban J connectivity index is 1.50. The number of benzene rings is 2. The zero-order valence-corrected chi connectivity index (χ0v) is 16.2. The van der Waals surface area contributed by atoms with Crippen LogP contribution in [0.1, 0.15) is 16.1 Å². The third-order valence-electron chi connectivity index (χ3n) is 4.00. The van der Waals surface area contributed by atoms with Gasteiger partial charge in [-0.25, -0.2) is 0 Å². The van der Waals surface area contributed by atoms with Gasteiger partial charge in [0.15, 0.2) is 5.78 Å². The van der Waals surface area contributed by atoms with Gasteiger partial charge < -0.3 is 9.40 Å². The second-order valence-corrected chi connectivity index (χ2v) is 7.60. The molecule has 26 heavy (non-hydrogen) atoms. The first-order valence-electron chi connectivity index (χ1n) is 7.94. The summed E-state index contributed by atoms with van der Waals surface area (Å²) in [5, 5.41) is 9.41. The molecule has 4 rings (SSSR count). The molecule has 0 atom stereocenters. The van der Waals surface area contributed by atoms with Gasteiger partial charge in [0.2, 0.25) is 5.89 Å². The fourth-order valence-electron chi connectivity index (χ4n) is 2.81. The number of rotatable bonds is 5. The maximum Gasteiger partial charge on any atom is 0.277 e. The van der Waals surface area contributed by atoms with E-state index in [9.17, 15) is 4.79 Å². The SMILES string of the molecule is Cc1[nH]c2ccccc2c1C(=O)CSc1nnc(-c2ccc(Br)cc2)o1. The topological polar surface area (TPSA) is 71.8 Å². The molecule has 0 aliphatic rings. The molecule has 0 unspecified atom stereocenters. The molecule has 7 heteroatoms. The van der Waals surface area contributed by atoms with Gasteiger partial charge in [-0.05, 0) is 37.3 Å². The summed E-state index contributed by atoms with van der Waals surface area (Å²) in [5.41, 5.74) is 3.40. The number of hydrogen-bond acceptors (Lipinski definition) is 5. The van der Waals surface area contributed by atoms with Crippen LogP contribution in [-0.4, -0.2) is 26.7 Å². The lowest BCUT2D eigenvalue weighted by molar-refractivity contribution is 0.102. The van der Waals surface area contributed by atoms with E-state index in [2.05, 4.69) is 31.1 Å². The lowest BCUT2D eigenvalue weighted by atomic mass is 10.1. The van der Waals surface area contributed by atoms with Gasteiger partial charge in [-0.3, -0.25) is 4.79 Å². The summed E-state index contributed by atoms with van der Waals surface area (Å²) < 4.78 is 6.64. The highest BCUT2D eigenvalue weighted by atomic mass is 79.9. The summed E-state index contributed by atoms with van der Waals surface area (Å²) in [4.78, 5) is 15.9. The van der Waals surface area contributed by atoms with Crippen LogP contribution >= 0.6 is 27.7 Å². The maximum atomic E-state index is 12.7. The van der Waals surface area contributed by atoms with Crippen molar-refractivity contribution in [1.82, 2.24) is 15.2 Å². The van der Waals surface area contributed by atoms with Crippen molar-refractivity contribution in [3.63, 3.8) is 0 Å². The molecule has 0 radical (unpaired) electrons. The number of fused-ring (bicyclic) bond motifs is 1. The second kappa shape index (κ2) is 7.09. The number of thioether (sulfide) groups is 1. The van der Waals surface area contributed by atoms with Crippen molar-refractivity contribution < 1.29 is 9.21 Å². The van der Waals surface area contributed by atoms with E-state index in [4.69, 9.17) is 4.42 Å². The third-order valence-corrected chi connectivity index (χ3v) is 5.34. The smallest absolute Gasteiger partial charge is 0.277 e. The number of aryl methyl sites for hydroxylation is 1. The van der Waals surface area contributed by atoms with Crippen LogP contribution in [0, 0.1) is 6.92 Å². The normalized spacial score (nSPS) is 11.2. The molecular weight excluding hydrogens is 414 g/mol. The first kappa shape index (κ1) is 17.1. The fraction of sp³-hybridized carbons (Fsp3) is 0.105. The van der Waals surface area contributed by atoms with Crippen molar-refractivity contribution in [2.24, 2.45) is 0 Å². The van der Waals surface area contributed by atoms with E-state index in [0.29, 0.717) is 11.1 Å². The van der Waals surface area contributed by atoms with E-state index in [0.717, 1.165) is 32.2 Å². The summed E-state index contributed by atoms with van der Waals surface area (Å²) in [7, 11) is 0. The first-order valence-corrected chi connectivity index (χ1v) is 9.72. The summed E-state index contributed by atoms with van der Waals surface area (Å²) in [6, 6.07) is 15.4. The quantitative estimate of drug-likeness (QED) is 0.347. The van der Waals surface area contributed by atoms with E-state index >= 15 is 0 Å². The van der Waals surface area contributed by atoms with Crippen LogP contribution in [0.3, 0.4) is 0 Å². The minimum absolute atomic E-state index is 0.0355. The number of Topliss-reactive ketones (excluding diaryl/α,β-unsaturated/α-hetero) is 1. The number of halogens is 1. The Morgan fingerprint density at radius 1 is 1.15 bits per heavy atom. The predicted octanol–water partition coefficient (Wildman–Crippen LogP) is 5.26. The minimum atomic E-state index is 0.0355. The van der Waals surface area contributed by atoms with Gasteiger partial charge in [0.25, 0.3) is 5.22 Å². The number of carbonyl (C=O) groups is 1. The van der Waals surface area contributed by atoms with Crippen LogP contribution in [0.5, 0.6) is 0 Å². The van der Waals surface area contributed by atoms with Gasteiger partial charge >= 0.3 is 0 Å². The van der Waals surface area contributed by atoms with Crippen molar-refractivity contribution in [3.05, 3.63) is 64.3 Å². The highest BCUT2D eigenvalue weighted by Crippen LogP contribution is 2.27. The number of carbonyl (C=O) groups excluding carboxylic acids is 1. The highest BCUT2D eigenvalue weighted by Gasteiger charge is 2.17. The van der Waals surface area contributed by atoms with Crippen LogP contribution in [0.15, 0.2) is 62.6 Å². The second-order valence-electron chi connectivity index (χ2n) is 5.76. The van der Waals surface area contributed by atoms with Crippen LogP contribution < -0.4 is 0 Å². The van der Waals surface area contributed by atoms with E-state index in [-0.39, 0.29) is 11.5 Å². The minimum Gasteiger partial charge on any atom is -0.411 e. The summed E-state index contributed by atoms with van der Waals surface area (Å²) in [5.74, 6) is 0.717. The Morgan fingerprint density at radius 2 is 1.92 bits per heavy atom. The van der Waals surface area contributed by atoms with Gasteiger partial charge in [-0.1, -0.05) is 45.9 Å². The molecule has 2 heterocycles. The van der Waals surface area contributed by atoms with E-state index < -0.39 is 0 Å². The third kappa shape index (κ3) is 3.32. The molecule has 0 fully saturated rings. The molecule has 0 spiro atoms. The molecule has 5 nitrogen and oxygen atoms in total. The van der Waals surface area contributed by atoms with Crippen molar-refractivity contribution in [1.29, 1.82) is 0 Å². The van der Waals surface area contributed by atoms with Crippen LogP contribution in [-0.2, 0) is 0 Å². The Bertz CT molecular complexity index is 1090. The predicted molar refractivity (Wildman–Crippen MR) is 106 cm³/mol. The summed E-state index contributed by atoms with van der Waals surface area (Å²) in [6.45, 7) is 1.91. The molecule has 4 aromatic rings. The van der Waals surface area contributed by atoms with E-state index in [1.807, 2.05) is 55.5 Å². The van der Waals surface area contributed by atoms with Crippen LogP contribution in [0.4, 0.5) is 0 Å². The molecular formula is C19H14BrN3O2S. The molecule has 2 aromatic carbocycles. The summed E-state index contributed by atoms with van der Waals surface area (Å²) >= 11 is 4.64. The van der Waals surface area contributed by atoms with Crippen molar-refractivity contribution in [3.8, 4) is 11.5 Å². The molecule has 130 valence electrons. The largest absolute Gasteiger partial charge is 0.411 e. The van der Waals surface area contributed by atoms with E-state index in [1.165, 1.54) is 11.8 Å². The average Bonchev–Trinajstić information content (AvgIpc) is 3.24. The van der Waals surface area contributed by atoms with E-state index in [1.54, 1.807) is 0 Å². The number of hydrogen-bond donors (Lipinski definition) is 1. The number of nitrogens with one attached hydrogen (secondary N) is 1. The zero-order valence-electron chi connectivity index (χ0n) is 13.8. The van der Waals surface area contributed by atoms with Crippen molar-refractivity contribution >= 4 is 44.4 Å². The van der Waals surface area contributed by atoms with Crippen LogP contribution in [0.25, 0.3) is 22.4 Å². The van der Waals surface area contributed by atoms with Gasteiger partial charge in [0, 0.05) is 32.2 Å². The monoisotopic (exact) mass is 427 g/mol. The molecule has 0 aliphatic heterocycles. The highest BCUT2D eigenvalue weighted by molar-refractivity contribution is 9.10. The lowest BCUT2D eigenvalue weighted by Crippen LogP contribution is -2.03. The number of ketones is 1. The number of nitrogens with zero attached hydrogens (tertiary/aromatic N) is 2.